The average Bonchev–Trinajstić information content (AvgIpc) is 2.72. The summed E-state index contributed by atoms with van der Waals surface area (Å²) in [6.07, 6.45) is 1.84. The zero-order valence-electron chi connectivity index (χ0n) is 15.9. The van der Waals surface area contributed by atoms with Crippen molar-refractivity contribution in [2.45, 2.75) is 26.3 Å². The smallest absolute Gasteiger partial charge is 0.244 e. The van der Waals surface area contributed by atoms with Crippen LogP contribution in [0.5, 0.6) is 0 Å². The van der Waals surface area contributed by atoms with E-state index in [0.717, 1.165) is 32.5 Å². The lowest BCUT2D eigenvalue weighted by atomic mass is 10.00. The van der Waals surface area contributed by atoms with Crippen molar-refractivity contribution in [1.29, 1.82) is 0 Å². The van der Waals surface area contributed by atoms with Crippen molar-refractivity contribution in [2.24, 2.45) is 4.99 Å². The summed E-state index contributed by atoms with van der Waals surface area (Å²) >= 11 is 0. The Labute approximate surface area is 161 Å². The number of benzene rings is 2. The van der Waals surface area contributed by atoms with Crippen LogP contribution >= 0.6 is 0 Å². The lowest BCUT2D eigenvalue weighted by Gasteiger charge is -2.28. The Morgan fingerprint density at radius 3 is 2.56 bits per heavy atom. The van der Waals surface area contributed by atoms with Crippen LogP contribution in [0.3, 0.4) is 0 Å². The summed E-state index contributed by atoms with van der Waals surface area (Å²) in [7, 11) is 0. The third kappa shape index (κ3) is 5.58. The van der Waals surface area contributed by atoms with E-state index in [2.05, 4.69) is 46.0 Å². The van der Waals surface area contributed by atoms with Crippen molar-refractivity contribution in [3.63, 3.8) is 0 Å². The number of aliphatic imine (C=N–C) groups is 1. The van der Waals surface area contributed by atoms with Gasteiger partial charge in [-0.05, 0) is 36.5 Å². The number of fused-ring (bicyclic) bond motifs is 1. The minimum absolute atomic E-state index is 0.0739. The number of rotatable bonds is 6. The molecule has 142 valence electrons. The molecule has 0 aliphatic carbocycles. The van der Waals surface area contributed by atoms with E-state index in [4.69, 9.17) is 0 Å². The van der Waals surface area contributed by atoms with Gasteiger partial charge in [0.2, 0.25) is 5.91 Å². The topological polar surface area (TPSA) is 56.7 Å². The maximum atomic E-state index is 12.6. The summed E-state index contributed by atoms with van der Waals surface area (Å²) in [5, 5.41) is 6.52. The quantitative estimate of drug-likeness (QED) is 0.611. The molecule has 0 radical (unpaired) electrons. The molecule has 0 bridgehead atoms. The highest BCUT2D eigenvalue weighted by atomic mass is 16.2. The lowest BCUT2D eigenvalue weighted by Crippen LogP contribution is -2.41. The maximum Gasteiger partial charge on any atom is 0.244 e. The van der Waals surface area contributed by atoms with Crippen LogP contribution in [0.25, 0.3) is 0 Å². The minimum Gasteiger partial charge on any atom is -0.357 e. The second-order valence-electron chi connectivity index (χ2n) is 6.69. The van der Waals surface area contributed by atoms with Crippen LogP contribution in [0.15, 0.2) is 59.6 Å². The van der Waals surface area contributed by atoms with Gasteiger partial charge in [0.05, 0.1) is 0 Å². The van der Waals surface area contributed by atoms with Crippen molar-refractivity contribution in [3.05, 3.63) is 71.3 Å². The first-order valence-electron chi connectivity index (χ1n) is 9.67. The molecule has 0 saturated heterocycles. The molecule has 0 unspecified atom stereocenters. The average molecular weight is 364 g/mol. The SMILES string of the molecule is CCNC(=NCC(=O)N1CCc2ccccc2C1)NCCc1ccccc1. The molecule has 2 N–H and O–H groups in total. The first-order valence-corrected chi connectivity index (χ1v) is 9.67. The number of hydrogen-bond acceptors (Lipinski definition) is 2. The lowest BCUT2D eigenvalue weighted by molar-refractivity contribution is -0.130. The second kappa shape index (κ2) is 9.76. The van der Waals surface area contributed by atoms with Crippen LogP contribution in [0.2, 0.25) is 0 Å². The number of guanidine groups is 1. The summed E-state index contributed by atoms with van der Waals surface area (Å²) in [5.41, 5.74) is 3.87. The molecule has 27 heavy (non-hydrogen) atoms. The molecule has 5 heteroatoms. The molecule has 0 fully saturated rings. The molecular weight excluding hydrogens is 336 g/mol. The monoisotopic (exact) mass is 364 g/mol. The van der Waals surface area contributed by atoms with Gasteiger partial charge in [0.25, 0.3) is 0 Å². The zero-order chi connectivity index (χ0) is 18.9. The van der Waals surface area contributed by atoms with Crippen LogP contribution in [-0.2, 0) is 24.2 Å². The van der Waals surface area contributed by atoms with Crippen LogP contribution in [0, 0.1) is 0 Å². The van der Waals surface area contributed by atoms with Crippen LogP contribution < -0.4 is 10.6 Å². The Morgan fingerprint density at radius 1 is 1.04 bits per heavy atom. The van der Waals surface area contributed by atoms with Gasteiger partial charge < -0.3 is 15.5 Å². The summed E-state index contributed by atoms with van der Waals surface area (Å²) in [6, 6.07) is 18.7. The van der Waals surface area contributed by atoms with Gasteiger partial charge in [-0.2, -0.15) is 0 Å². The van der Waals surface area contributed by atoms with Crippen LogP contribution in [0.4, 0.5) is 0 Å². The molecule has 2 aromatic rings. The van der Waals surface area contributed by atoms with Gasteiger partial charge in [-0.25, -0.2) is 4.99 Å². The first kappa shape index (κ1) is 19.0. The third-order valence-electron chi connectivity index (χ3n) is 4.75. The number of amides is 1. The van der Waals surface area contributed by atoms with Crippen molar-refractivity contribution >= 4 is 11.9 Å². The highest BCUT2D eigenvalue weighted by Gasteiger charge is 2.19. The Balaban J connectivity index is 1.51. The Bertz CT molecular complexity index is 773. The zero-order valence-corrected chi connectivity index (χ0v) is 15.9. The summed E-state index contributed by atoms with van der Waals surface area (Å²) in [6.45, 7) is 5.19. The van der Waals surface area contributed by atoms with Crippen molar-refractivity contribution < 1.29 is 4.79 Å². The Kier molecular flexibility index (Phi) is 6.85. The summed E-state index contributed by atoms with van der Waals surface area (Å²) in [4.78, 5) is 19.0. The molecule has 3 rings (SSSR count). The van der Waals surface area contributed by atoms with Gasteiger partial charge in [-0.3, -0.25) is 4.79 Å². The third-order valence-corrected chi connectivity index (χ3v) is 4.75. The number of hydrogen-bond donors (Lipinski definition) is 2. The van der Waals surface area contributed by atoms with Gasteiger partial charge >= 0.3 is 0 Å². The molecule has 0 aromatic heterocycles. The van der Waals surface area contributed by atoms with E-state index in [1.165, 1.54) is 16.7 Å². The highest BCUT2D eigenvalue weighted by molar-refractivity contribution is 5.85. The molecular formula is C22H28N4O. The summed E-state index contributed by atoms with van der Waals surface area (Å²) < 4.78 is 0. The van der Waals surface area contributed by atoms with Crippen molar-refractivity contribution in [3.8, 4) is 0 Å². The van der Waals surface area contributed by atoms with E-state index >= 15 is 0 Å². The maximum absolute atomic E-state index is 12.6. The van der Waals surface area contributed by atoms with Crippen LogP contribution in [-0.4, -0.2) is 42.9 Å². The highest BCUT2D eigenvalue weighted by Crippen LogP contribution is 2.18. The van der Waals surface area contributed by atoms with E-state index in [1.807, 2.05) is 36.1 Å². The molecule has 2 aromatic carbocycles. The number of nitrogens with one attached hydrogen (secondary N) is 2. The molecule has 1 amide bonds. The van der Waals surface area contributed by atoms with Gasteiger partial charge in [-0.1, -0.05) is 54.6 Å². The van der Waals surface area contributed by atoms with E-state index in [0.29, 0.717) is 12.5 Å². The minimum atomic E-state index is 0.0739. The van der Waals surface area contributed by atoms with E-state index in [1.54, 1.807) is 0 Å². The van der Waals surface area contributed by atoms with Crippen molar-refractivity contribution in [2.75, 3.05) is 26.2 Å². The first-order chi connectivity index (χ1) is 13.3. The predicted molar refractivity (Wildman–Crippen MR) is 110 cm³/mol. The van der Waals surface area contributed by atoms with Gasteiger partial charge in [0.1, 0.15) is 6.54 Å². The van der Waals surface area contributed by atoms with Gasteiger partial charge in [0, 0.05) is 26.2 Å². The standard InChI is InChI=1S/C22H28N4O/c1-2-23-22(24-14-12-18-8-4-3-5-9-18)25-16-21(27)26-15-13-19-10-6-7-11-20(19)17-26/h3-11H,2,12-17H2,1H3,(H2,23,24,25). The Hall–Kier alpha value is -2.82. The predicted octanol–water partition coefficient (Wildman–Crippen LogP) is 2.37. The molecule has 0 saturated carbocycles. The fourth-order valence-corrected chi connectivity index (χ4v) is 3.27. The van der Waals surface area contributed by atoms with Gasteiger partial charge in [-0.15, -0.1) is 0 Å². The largest absolute Gasteiger partial charge is 0.357 e. The Morgan fingerprint density at radius 2 is 1.78 bits per heavy atom. The van der Waals surface area contributed by atoms with Crippen LogP contribution in [0.1, 0.15) is 23.6 Å². The molecule has 0 spiro atoms. The normalized spacial score (nSPS) is 13.8. The van der Waals surface area contributed by atoms with E-state index in [9.17, 15) is 4.79 Å². The number of nitrogens with zero attached hydrogens (tertiary/aromatic N) is 2. The van der Waals surface area contributed by atoms with E-state index in [-0.39, 0.29) is 12.5 Å². The fraction of sp³-hybridized carbons (Fsp3) is 0.364. The summed E-state index contributed by atoms with van der Waals surface area (Å²) in [5.74, 6) is 0.768. The number of carbonyl (C=O) groups is 1. The van der Waals surface area contributed by atoms with Crippen molar-refractivity contribution in [1.82, 2.24) is 15.5 Å². The molecule has 0 atom stereocenters. The van der Waals surface area contributed by atoms with Gasteiger partial charge in [0.15, 0.2) is 5.96 Å². The molecule has 1 heterocycles. The molecule has 1 aliphatic heterocycles. The second-order valence-corrected chi connectivity index (χ2v) is 6.69. The fourth-order valence-electron chi connectivity index (χ4n) is 3.27. The number of carbonyl (C=O) groups excluding carboxylic acids is 1. The molecule has 1 aliphatic rings. The van der Waals surface area contributed by atoms with E-state index < -0.39 is 0 Å². The molecule has 5 nitrogen and oxygen atoms in total.